The number of amides is 1. The van der Waals surface area contributed by atoms with E-state index in [9.17, 15) is 9.59 Å². The molecule has 0 unspecified atom stereocenters. The minimum absolute atomic E-state index is 0.237. The van der Waals surface area contributed by atoms with Gasteiger partial charge in [-0.1, -0.05) is 39.0 Å². The third kappa shape index (κ3) is 3.73. The standard InChI is InChI=1S/C15H21NO4/c1-15(2,3)14(18)16-12(13(17)20-5)10-8-6-7-9-11(10)19-4/h6-9,12H,1-5H3,(H,16,18)/t12-/m0/s1. The van der Waals surface area contributed by atoms with Crippen LogP contribution in [0.4, 0.5) is 0 Å². The van der Waals surface area contributed by atoms with Crippen LogP contribution in [-0.4, -0.2) is 26.1 Å². The number of carbonyl (C=O) groups is 2. The van der Waals surface area contributed by atoms with Gasteiger partial charge in [0.25, 0.3) is 0 Å². The van der Waals surface area contributed by atoms with E-state index in [1.54, 1.807) is 45.0 Å². The molecule has 0 aliphatic rings. The summed E-state index contributed by atoms with van der Waals surface area (Å²) in [5.41, 5.74) is -0.0340. The summed E-state index contributed by atoms with van der Waals surface area (Å²) in [6, 6.07) is 6.14. The first-order valence-corrected chi connectivity index (χ1v) is 6.33. The highest BCUT2D eigenvalue weighted by Crippen LogP contribution is 2.27. The number of hydrogen-bond acceptors (Lipinski definition) is 4. The lowest BCUT2D eigenvalue weighted by Gasteiger charge is -2.24. The minimum Gasteiger partial charge on any atom is -0.496 e. The number of hydrogen-bond donors (Lipinski definition) is 1. The van der Waals surface area contributed by atoms with Crippen molar-refractivity contribution in [3.05, 3.63) is 29.8 Å². The van der Waals surface area contributed by atoms with Crippen molar-refractivity contribution >= 4 is 11.9 Å². The van der Waals surface area contributed by atoms with E-state index >= 15 is 0 Å². The highest BCUT2D eigenvalue weighted by molar-refractivity contribution is 5.88. The normalized spacial score (nSPS) is 12.4. The van der Waals surface area contributed by atoms with Gasteiger partial charge in [-0.25, -0.2) is 4.79 Å². The van der Waals surface area contributed by atoms with E-state index in [2.05, 4.69) is 5.32 Å². The molecule has 0 aliphatic heterocycles. The molecule has 0 fully saturated rings. The molecule has 1 amide bonds. The number of nitrogens with one attached hydrogen (secondary N) is 1. The van der Waals surface area contributed by atoms with Crippen molar-refractivity contribution < 1.29 is 19.1 Å². The Balaban J connectivity index is 3.13. The van der Waals surface area contributed by atoms with E-state index in [0.717, 1.165) is 0 Å². The molecule has 1 aromatic rings. The number of ether oxygens (including phenoxy) is 2. The molecule has 1 aromatic carbocycles. The summed E-state index contributed by atoms with van der Waals surface area (Å²) in [5, 5.41) is 2.71. The number of methoxy groups -OCH3 is 2. The molecule has 1 rings (SSSR count). The van der Waals surface area contributed by atoms with Crippen LogP contribution in [-0.2, 0) is 14.3 Å². The molecule has 5 heteroatoms. The fourth-order valence-electron chi connectivity index (χ4n) is 1.63. The van der Waals surface area contributed by atoms with Crippen LogP contribution in [0.2, 0.25) is 0 Å². The van der Waals surface area contributed by atoms with Crippen molar-refractivity contribution in [2.24, 2.45) is 5.41 Å². The van der Waals surface area contributed by atoms with Gasteiger partial charge in [-0.3, -0.25) is 4.79 Å². The minimum atomic E-state index is -0.886. The van der Waals surface area contributed by atoms with Gasteiger partial charge in [-0.15, -0.1) is 0 Å². The van der Waals surface area contributed by atoms with E-state index in [4.69, 9.17) is 9.47 Å². The predicted molar refractivity (Wildman–Crippen MR) is 75.3 cm³/mol. The summed E-state index contributed by atoms with van der Waals surface area (Å²) >= 11 is 0. The Morgan fingerprint density at radius 3 is 2.25 bits per heavy atom. The maximum absolute atomic E-state index is 12.1. The molecule has 0 radical (unpaired) electrons. The molecule has 5 nitrogen and oxygen atoms in total. The van der Waals surface area contributed by atoms with E-state index in [-0.39, 0.29) is 5.91 Å². The van der Waals surface area contributed by atoms with Crippen molar-refractivity contribution in [2.45, 2.75) is 26.8 Å². The van der Waals surface area contributed by atoms with Crippen LogP contribution >= 0.6 is 0 Å². The molecule has 0 saturated carbocycles. The summed E-state index contributed by atoms with van der Waals surface area (Å²) < 4.78 is 10.00. The molecule has 110 valence electrons. The molecule has 0 aliphatic carbocycles. The average molecular weight is 279 g/mol. The van der Waals surface area contributed by atoms with E-state index in [1.807, 2.05) is 0 Å². The highest BCUT2D eigenvalue weighted by atomic mass is 16.5. The van der Waals surface area contributed by atoms with E-state index in [0.29, 0.717) is 11.3 Å². The predicted octanol–water partition coefficient (Wildman–Crippen LogP) is 2.07. The molecule has 0 heterocycles. The van der Waals surface area contributed by atoms with E-state index < -0.39 is 17.4 Å². The molecule has 0 spiro atoms. The largest absolute Gasteiger partial charge is 0.496 e. The molecular formula is C15H21NO4. The quantitative estimate of drug-likeness (QED) is 0.857. The third-order valence-corrected chi connectivity index (χ3v) is 2.84. The Bertz CT molecular complexity index is 491. The van der Waals surface area contributed by atoms with Crippen molar-refractivity contribution in [3.63, 3.8) is 0 Å². The number of para-hydroxylation sites is 1. The Morgan fingerprint density at radius 2 is 1.75 bits per heavy atom. The Labute approximate surface area is 119 Å². The topological polar surface area (TPSA) is 64.6 Å². The number of carbonyl (C=O) groups excluding carboxylic acids is 2. The van der Waals surface area contributed by atoms with Crippen LogP contribution < -0.4 is 10.1 Å². The number of esters is 1. The Kier molecular flexibility index (Phi) is 5.13. The third-order valence-electron chi connectivity index (χ3n) is 2.84. The maximum atomic E-state index is 12.1. The molecule has 20 heavy (non-hydrogen) atoms. The second-order valence-corrected chi connectivity index (χ2v) is 5.42. The highest BCUT2D eigenvalue weighted by Gasteiger charge is 2.30. The van der Waals surface area contributed by atoms with Crippen molar-refractivity contribution in [1.29, 1.82) is 0 Å². The van der Waals surface area contributed by atoms with Gasteiger partial charge in [0, 0.05) is 11.0 Å². The summed E-state index contributed by atoms with van der Waals surface area (Å²) in [7, 11) is 2.80. The summed E-state index contributed by atoms with van der Waals surface area (Å²) in [6.45, 7) is 5.33. The lowest BCUT2D eigenvalue weighted by atomic mass is 9.94. The second kappa shape index (κ2) is 6.41. The lowest BCUT2D eigenvalue weighted by Crippen LogP contribution is -2.41. The molecule has 1 N–H and O–H groups in total. The van der Waals surface area contributed by atoms with Crippen LogP contribution in [0.1, 0.15) is 32.4 Å². The molecule has 1 atom stereocenters. The monoisotopic (exact) mass is 279 g/mol. The van der Waals surface area contributed by atoms with Gasteiger partial charge in [-0.05, 0) is 6.07 Å². The van der Waals surface area contributed by atoms with Crippen LogP contribution in [0.3, 0.4) is 0 Å². The second-order valence-electron chi connectivity index (χ2n) is 5.42. The zero-order valence-electron chi connectivity index (χ0n) is 12.5. The fraction of sp³-hybridized carbons (Fsp3) is 0.467. The van der Waals surface area contributed by atoms with Crippen molar-refractivity contribution in [2.75, 3.05) is 14.2 Å². The lowest BCUT2D eigenvalue weighted by molar-refractivity contribution is -0.146. The summed E-state index contributed by atoms with van der Waals surface area (Å²) in [6.07, 6.45) is 0. The summed E-state index contributed by atoms with van der Waals surface area (Å²) in [4.78, 5) is 24.1. The molecule has 0 aromatic heterocycles. The van der Waals surface area contributed by atoms with Gasteiger partial charge in [0.05, 0.1) is 14.2 Å². The summed E-state index contributed by atoms with van der Waals surface area (Å²) in [5.74, 6) is -0.247. The van der Waals surface area contributed by atoms with Gasteiger partial charge in [-0.2, -0.15) is 0 Å². The van der Waals surface area contributed by atoms with Crippen molar-refractivity contribution in [1.82, 2.24) is 5.32 Å². The van der Waals surface area contributed by atoms with Gasteiger partial charge >= 0.3 is 5.97 Å². The van der Waals surface area contributed by atoms with Crippen LogP contribution in [0, 0.1) is 5.41 Å². The first kappa shape index (κ1) is 16.0. The Hall–Kier alpha value is -2.04. The Morgan fingerprint density at radius 1 is 1.15 bits per heavy atom. The molecule has 0 saturated heterocycles. The van der Waals surface area contributed by atoms with Crippen LogP contribution in [0.5, 0.6) is 5.75 Å². The maximum Gasteiger partial charge on any atom is 0.333 e. The number of rotatable bonds is 4. The van der Waals surface area contributed by atoms with Gasteiger partial charge in [0.2, 0.25) is 5.91 Å². The molecular weight excluding hydrogens is 258 g/mol. The smallest absolute Gasteiger partial charge is 0.333 e. The number of benzene rings is 1. The van der Waals surface area contributed by atoms with Gasteiger partial charge < -0.3 is 14.8 Å². The van der Waals surface area contributed by atoms with Crippen molar-refractivity contribution in [3.8, 4) is 5.75 Å². The van der Waals surface area contributed by atoms with E-state index in [1.165, 1.54) is 14.2 Å². The SMILES string of the molecule is COC(=O)[C@@H](NC(=O)C(C)(C)C)c1ccccc1OC. The molecule has 0 bridgehead atoms. The van der Waals surface area contributed by atoms with Gasteiger partial charge in [0.1, 0.15) is 5.75 Å². The van der Waals surface area contributed by atoms with Crippen LogP contribution in [0.15, 0.2) is 24.3 Å². The van der Waals surface area contributed by atoms with Gasteiger partial charge in [0.15, 0.2) is 6.04 Å². The first-order valence-electron chi connectivity index (χ1n) is 6.33. The zero-order valence-corrected chi connectivity index (χ0v) is 12.5. The first-order chi connectivity index (χ1) is 9.31. The van der Waals surface area contributed by atoms with Crippen LogP contribution in [0.25, 0.3) is 0 Å². The fourth-order valence-corrected chi connectivity index (χ4v) is 1.63. The average Bonchev–Trinajstić information content (AvgIpc) is 2.42. The zero-order chi connectivity index (χ0) is 15.3.